The molecule has 1 heterocycles. The van der Waals surface area contributed by atoms with Crippen molar-refractivity contribution in [2.24, 2.45) is 11.7 Å². The van der Waals surface area contributed by atoms with E-state index in [-0.39, 0.29) is 16.7 Å². The fraction of sp³-hybridized carbons (Fsp3) is 0.357. The summed E-state index contributed by atoms with van der Waals surface area (Å²) in [6, 6.07) is 5.30. The zero-order valence-electron chi connectivity index (χ0n) is 11.0. The van der Waals surface area contributed by atoms with E-state index in [1.54, 1.807) is 18.3 Å². The summed E-state index contributed by atoms with van der Waals surface area (Å²) in [6.45, 7) is 0.564. The van der Waals surface area contributed by atoms with Crippen LogP contribution in [0.15, 0.2) is 30.6 Å². The maximum absolute atomic E-state index is 11.1. The number of benzene rings is 1. The van der Waals surface area contributed by atoms with Gasteiger partial charge in [-0.05, 0) is 30.9 Å². The number of nitrogens with two attached hydrogens (primary N) is 1. The summed E-state index contributed by atoms with van der Waals surface area (Å²) in [5.74, 6) is 0.618. The van der Waals surface area contributed by atoms with Gasteiger partial charge < -0.3 is 11.1 Å². The molecule has 0 radical (unpaired) electrons. The third-order valence-electron chi connectivity index (χ3n) is 3.78. The summed E-state index contributed by atoms with van der Waals surface area (Å²) in [6.07, 6.45) is 5.57. The topological polar surface area (TPSA) is 94.1 Å². The van der Waals surface area contributed by atoms with Crippen LogP contribution >= 0.6 is 0 Å². The summed E-state index contributed by atoms with van der Waals surface area (Å²) in [7, 11) is 0. The first-order chi connectivity index (χ1) is 9.70. The van der Waals surface area contributed by atoms with Crippen LogP contribution in [0.3, 0.4) is 0 Å². The van der Waals surface area contributed by atoms with Gasteiger partial charge in [0.15, 0.2) is 0 Å². The highest BCUT2D eigenvalue weighted by Gasteiger charge is 2.30. The molecule has 1 aromatic heterocycles. The Morgan fingerprint density at radius 3 is 2.85 bits per heavy atom. The molecule has 0 bridgehead atoms. The van der Waals surface area contributed by atoms with Crippen molar-refractivity contribution in [3.8, 4) is 0 Å². The molecule has 6 heteroatoms. The second-order valence-corrected chi connectivity index (χ2v) is 5.13. The lowest BCUT2D eigenvalue weighted by molar-refractivity contribution is -0.383. The summed E-state index contributed by atoms with van der Waals surface area (Å²) in [5.41, 5.74) is 6.76. The van der Waals surface area contributed by atoms with Crippen LogP contribution in [-0.4, -0.2) is 22.5 Å². The van der Waals surface area contributed by atoms with Crippen molar-refractivity contribution in [1.29, 1.82) is 0 Å². The average molecular weight is 272 g/mol. The highest BCUT2D eigenvalue weighted by atomic mass is 16.6. The van der Waals surface area contributed by atoms with Crippen molar-refractivity contribution in [3.63, 3.8) is 0 Å². The van der Waals surface area contributed by atoms with Gasteiger partial charge in [0.2, 0.25) is 0 Å². The van der Waals surface area contributed by atoms with E-state index in [4.69, 9.17) is 5.73 Å². The van der Waals surface area contributed by atoms with Crippen LogP contribution in [-0.2, 0) is 0 Å². The van der Waals surface area contributed by atoms with Gasteiger partial charge in [-0.25, -0.2) is 0 Å². The third-order valence-corrected chi connectivity index (χ3v) is 3.78. The molecule has 1 fully saturated rings. The van der Waals surface area contributed by atoms with E-state index in [0.717, 1.165) is 11.1 Å². The smallest absolute Gasteiger partial charge is 0.278 e. The molecule has 0 amide bonds. The number of fused-ring (bicyclic) bond motifs is 1. The number of pyridine rings is 1. The highest BCUT2D eigenvalue weighted by molar-refractivity contribution is 5.99. The van der Waals surface area contributed by atoms with Gasteiger partial charge >= 0.3 is 0 Å². The zero-order valence-corrected chi connectivity index (χ0v) is 11.0. The van der Waals surface area contributed by atoms with Gasteiger partial charge in [-0.1, -0.05) is 0 Å². The lowest BCUT2D eigenvalue weighted by Crippen LogP contribution is -2.30. The average Bonchev–Trinajstić information content (AvgIpc) is 3.28. The SMILES string of the molecule is NCC(Nc1ccc([N+](=O)[O-])c2cnccc12)C1CC1. The number of rotatable bonds is 5. The Labute approximate surface area is 116 Å². The quantitative estimate of drug-likeness (QED) is 0.643. The normalized spacial score (nSPS) is 16.1. The second kappa shape index (κ2) is 5.05. The number of hydrogen-bond donors (Lipinski definition) is 2. The molecule has 1 aromatic carbocycles. The van der Waals surface area contributed by atoms with Gasteiger partial charge in [-0.15, -0.1) is 0 Å². The molecule has 1 saturated carbocycles. The Morgan fingerprint density at radius 1 is 1.40 bits per heavy atom. The molecule has 1 unspecified atom stereocenters. The maximum atomic E-state index is 11.1. The molecule has 3 N–H and O–H groups in total. The molecule has 1 aliphatic carbocycles. The molecular weight excluding hydrogens is 256 g/mol. The molecule has 1 atom stereocenters. The Morgan fingerprint density at radius 2 is 2.20 bits per heavy atom. The third kappa shape index (κ3) is 2.30. The van der Waals surface area contributed by atoms with Crippen molar-refractivity contribution in [3.05, 3.63) is 40.7 Å². The molecule has 2 aromatic rings. The standard InChI is InChI=1S/C14H16N4O2/c15-7-13(9-1-2-9)17-12-3-4-14(18(19)20)11-8-16-6-5-10(11)12/h3-6,8-9,13,17H,1-2,7,15H2. The van der Waals surface area contributed by atoms with E-state index >= 15 is 0 Å². The van der Waals surface area contributed by atoms with Crippen molar-refractivity contribution >= 4 is 22.1 Å². The van der Waals surface area contributed by atoms with Gasteiger partial charge in [0.1, 0.15) is 0 Å². The van der Waals surface area contributed by atoms with Crippen LogP contribution in [0, 0.1) is 16.0 Å². The Kier molecular flexibility index (Phi) is 3.23. The van der Waals surface area contributed by atoms with E-state index in [0.29, 0.717) is 17.8 Å². The molecule has 6 nitrogen and oxygen atoms in total. The molecule has 0 saturated heterocycles. The minimum atomic E-state index is -0.380. The van der Waals surface area contributed by atoms with E-state index in [1.807, 2.05) is 0 Å². The number of non-ortho nitro benzene ring substituents is 1. The number of nitro benzene ring substituents is 1. The molecular formula is C14H16N4O2. The van der Waals surface area contributed by atoms with Crippen molar-refractivity contribution in [1.82, 2.24) is 4.98 Å². The van der Waals surface area contributed by atoms with Crippen LogP contribution in [0.4, 0.5) is 11.4 Å². The Balaban J connectivity index is 2.03. The van der Waals surface area contributed by atoms with E-state index < -0.39 is 0 Å². The van der Waals surface area contributed by atoms with Gasteiger partial charge in [0.05, 0.1) is 10.3 Å². The lowest BCUT2D eigenvalue weighted by Gasteiger charge is -2.18. The number of anilines is 1. The highest BCUT2D eigenvalue weighted by Crippen LogP contribution is 2.36. The monoisotopic (exact) mass is 272 g/mol. The largest absolute Gasteiger partial charge is 0.380 e. The van der Waals surface area contributed by atoms with Gasteiger partial charge in [0, 0.05) is 42.1 Å². The van der Waals surface area contributed by atoms with E-state index in [2.05, 4.69) is 10.3 Å². The summed E-state index contributed by atoms with van der Waals surface area (Å²) in [5, 5.41) is 15.8. The predicted octanol–water partition coefficient (Wildman–Crippen LogP) is 2.29. The fourth-order valence-corrected chi connectivity index (χ4v) is 2.53. The zero-order chi connectivity index (χ0) is 14.1. The molecule has 0 aliphatic heterocycles. The van der Waals surface area contributed by atoms with Crippen LogP contribution in [0.25, 0.3) is 10.8 Å². The fourth-order valence-electron chi connectivity index (χ4n) is 2.53. The summed E-state index contributed by atoms with van der Waals surface area (Å²) in [4.78, 5) is 14.7. The van der Waals surface area contributed by atoms with Gasteiger partial charge in [-0.3, -0.25) is 15.1 Å². The number of nitrogens with one attached hydrogen (secondary N) is 1. The first-order valence-corrected chi connectivity index (χ1v) is 6.68. The maximum Gasteiger partial charge on any atom is 0.278 e. The minimum absolute atomic E-state index is 0.0781. The number of hydrogen-bond acceptors (Lipinski definition) is 5. The van der Waals surface area contributed by atoms with Crippen molar-refractivity contribution in [2.75, 3.05) is 11.9 Å². The first kappa shape index (κ1) is 12.8. The Hall–Kier alpha value is -2.21. The van der Waals surface area contributed by atoms with Crippen LogP contribution in [0.2, 0.25) is 0 Å². The number of aromatic nitrogens is 1. The van der Waals surface area contributed by atoms with Crippen molar-refractivity contribution in [2.45, 2.75) is 18.9 Å². The molecule has 0 spiro atoms. The molecule has 1 aliphatic rings. The Bertz CT molecular complexity index is 655. The molecule has 20 heavy (non-hydrogen) atoms. The van der Waals surface area contributed by atoms with E-state index in [9.17, 15) is 10.1 Å². The van der Waals surface area contributed by atoms with Gasteiger partial charge in [0.25, 0.3) is 5.69 Å². The second-order valence-electron chi connectivity index (χ2n) is 5.13. The molecule has 3 rings (SSSR count). The minimum Gasteiger partial charge on any atom is -0.380 e. The van der Waals surface area contributed by atoms with Crippen molar-refractivity contribution < 1.29 is 4.92 Å². The van der Waals surface area contributed by atoms with Gasteiger partial charge in [-0.2, -0.15) is 0 Å². The summed E-state index contributed by atoms with van der Waals surface area (Å²) >= 11 is 0. The van der Waals surface area contributed by atoms with E-state index in [1.165, 1.54) is 25.1 Å². The first-order valence-electron chi connectivity index (χ1n) is 6.68. The predicted molar refractivity (Wildman–Crippen MR) is 77.6 cm³/mol. The number of nitrogens with zero attached hydrogens (tertiary/aromatic N) is 2. The lowest BCUT2D eigenvalue weighted by atomic mass is 10.1. The van der Waals surface area contributed by atoms with Crippen LogP contribution in [0.1, 0.15) is 12.8 Å². The number of nitro groups is 1. The van der Waals surface area contributed by atoms with Crippen LogP contribution in [0.5, 0.6) is 0 Å². The molecule has 104 valence electrons. The van der Waals surface area contributed by atoms with Crippen LogP contribution < -0.4 is 11.1 Å². The summed E-state index contributed by atoms with van der Waals surface area (Å²) < 4.78 is 0.